The minimum atomic E-state index is 0.174. The van der Waals surface area contributed by atoms with Gasteiger partial charge >= 0.3 is 0 Å². The molecule has 0 radical (unpaired) electrons. The van der Waals surface area contributed by atoms with Crippen molar-refractivity contribution < 1.29 is 4.74 Å². The minimum absolute atomic E-state index is 0.174. The SMILES string of the molecule is CCC(C)(C)c1ccc(Oc2ccc(N=Cc3ccc(C#N)cc3)cc2)cc1. The predicted octanol–water partition coefficient (Wildman–Crippen LogP) is 6.79. The summed E-state index contributed by atoms with van der Waals surface area (Å²) in [7, 11) is 0. The maximum Gasteiger partial charge on any atom is 0.127 e. The molecule has 0 saturated heterocycles. The summed E-state index contributed by atoms with van der Waals surface area (Å²) in [6, 6.07) is 25.4. The quantitative estimate of drug-likeness (QED) is 0.450. The van der Waals surface area contributed by atoms with E-state index in [-0.39, 0.29) is 5.41 Å². The van der Waals surface area contributed by atoms with Crippen LogP contribution >= 0.6 is 0 Å². The van der Waals surface area contributed by atoms with Crippen LogP contribution in [0.4, 0.5) is 5.69 Å². The standard InChI is InChI=1S/C25H24N2O/c1-4-25(2,3)21-9-13-23(14-10-21)28-24-15-11-22(12-16-24)27-18-20-7-5-19(17-26)6-8-20/h5-16,18H,4H2,1-3H3. The highest BCUT2D eigenvalue weighted by Gasteiger charge is 2.17. The molecule has 0 heterocycles. The molecule has 0 fully saturated rings. The van der Waals surface area contributed by atoms with Crippen molar-refractivity contribution in [1.82, 2.24) is 0 Å². The number of benzene rings is 3. The Morgan fingerprint density at radius 1 is 0.893 bits per heavy atom. The van der Waals surface area contributed by atoms with Crippen molar-refractivity contribution in [2.75, 3.05) is 0 Å². The largest absolute Gasteiger partial charge is 0.457 e. The molecule has 3 aromatic rings. The van der Waals surface area contributed by atoms with Gasteiger partial charge in [0.25, 0.3) is 0 Å². The molecule has 3 aromatic carbocycles. The number of hydrogen-bond acceptors (Lipinski definition) is 3. The van der Waals surface area contributed by atoms with E-state index in [2.05, 4.69) is 44.0 Å². The van der Waals surface area contributed by atoms with Gasteiger partial charge < -0.3 is 4.74 Å². The van der Waals surface area contributed by atoms with Crippen molar-refractivity contribution in [3.05, 3.63) is 89.5 Å². The van der Waals surface area contributed by atoms with Gasteiger partial charge in [0, 0.05) is 6.21 Å². The second-order valence-electron chi connectivity index (χ2n) is 7.35. The molecule has 28 heavy (non-hydrogen) atoms. The Balaban J connectivity index is 1.64. The van der Waals surface area contributed by atoms with Crippen molar-refractivity contribution in [2.24, 2.45) is 4.99 Å². The molecule has 3 rings (SSSR count). The van der Waals surface area contributed by atoms with E-state index in [1.165, 1.54) is 5.56 Å². The molecule has 0 atom stereocenters. The highest BCUT2D eigenvalue weighted by molar-refractivity contribution is 5.82. The Morgan fingerprint density at radius 3 is 2.00 bits per heavy atom. The summed E-state index contributed by atoms with van der Waals surface area (Å²) in [4.78, 5) is 4.46. The summed E-state index contributed by atoms with van der Waals surface area (Å²) in [6.07, 6.45) is 2.88. The van der Waals surface area contributed by atoms with E-state index in [1.807, 2.05) is 48.5 Å². The maximum absolute atomic E-state index is 8.83. The molecule has 0 N–H and O–H groups in total. The molecule has 0 aliphatic carbocycles. The summed E-state index contributed by atoms with van der Waals surface area (Å²) in [6.45, 7) is 6.70. The fourth-order valence-electron chi connectivity index (χ4n) is 2.71. The van der Waals surface area contributed by atoms with Crippen molar-refractivity contribution in [3.63, 3.8) is 0 Å². The third kappa shape index (κ3) is 4.86. The lowest BCUT2D eigenvalue weighted by Gasteiger charge is -2.23. The molecule has 3 heteroatoms. The second kappa shape index (κ2) is 8.54. The molecular formula is C25H24N2O. The fourth-order valence-corrected chi connectivity index (χ4v) is 2.71. The Labute approximate surface area is 167 Å². The summed E-state index contributed by atoms with van der Waals surface area (Å²) in [5.74, 6) is 1.60. The highest BCUT2D eigenvalue weighted by atomic mass is 16.5. The van der Waals surface area contributed by atoms with Crippen LogP contribution in [0.1, 0.15) is 43.9 Å². The van der Waals surface area contributed by atoms with Crippen LogP contribution in [0.5, 0.6) is 11.5 Å². The van der Waals surface area contributed by atoms with Crippen LogP contribution in [0.3, 0.4) is 0 Å². The Bertz CT molecular complexity index is 977. The normalized spacial score (nSPS) is 11.4. The molecule has 0 aromatic heterocycles. The van der Waals surface area contributed by atoms with Crippen LogP contribution in [0.25, 0.3) is 0 Å². The molecule has 0 aliphatic rings. The molecule has 0 aliphatic heterocycles. The van der Waals surface area contributed by atoms with Crippen LogP contribution in [0, 0.1) is 11.3 Å². The Kier molecular flexibility index (Phi) is 5.91. The van der Waals surface area contributed by atoms with Crippen LogP contribution in [0.2, 0.25) is 0 Å². The first-order valence-electron chi connectivity index (χ1n) is 9.43. The van der Waals surface area contributed by atoms with E-state index in [9.17, 15) is 0 Å². The van der Waals surface area contributed by atoms with Crippen LogP contribution < -0.4 is 4.74 Å². The number of nitriles is 1. The van der Waals surface area contributed by atoms with Crippen molar-refractivity contribution in [1.29, 1.82) is 5.26 Å². The summed E-state index contributed by atoms with van der Waals surface area (Å²) in [5.41, 5.74) is 3.93. The first-order chi connectivity index (χ1) is 13.5. The summed E-state index contributed by atoms with van der Waals surface area (Å²) in [5, 5.41) is 8.83. The van der Waals surface area contributed by atoms with Crippen molar-refractivity contribution in [3.8, 4) is 17.6 Å². The third-order valence-corrected chi connectivity index (χ3v) is 4.99. The van der Waals surface area contributed by atoms with Gasteiger partial charge in [-0.05, 0) is 71.5 Å². The number of nitrogens with zero attached hydrogens (tertiary/aromatic N) is 2. The average Bonchev–Trinajstić information content (AvgIpc) is 2.74. The van der Waals surface area contributed by atoms with Crippen LogP contribution in [-0.2, 0) is 5.41 Å². The minimum Gasteiger partial charge on any atom is -0.457 e. The van der Waals surface area contributed by atoms with Gasteiger partial charge in [0.15, 0.2) is 0 Å². The van der Waals surface area contributed by atoms with Crippen molar-refractivity contribution >= 4 is 11.9 Å². The zero-order chi connectivity index (χ0) is 20.0. The summed E-state index contributed by atoms with van der Waals surface area (Å²) >= 11 is 0. The Morgan fingerprint density at radius 2 is 1.46 bits per heavy atom. The molecule has 0 saturated carbocycles. The number of aliphatic imine (C=N–C) groups is 1. The van der Waals surface area contributed by atoms with Gasteiger partial charge in [-0.25, -0.2) is 0 Å². The molecule has 3 nitrogen and oxygen atoms in total. The van der Waals surface area contributed by atoms with Gasteiger partial charge in [0.2, 0.25) is 0 Å². The lowest BCUT2D eigenvalue weighted by atomic mass is 9.82. The molecule has 0 amide bonds. The lowest BCUT2D eigenvalue weighted by molar-refractivity contribution is 0.478. The van der Waals surface area contributed by atoms with E-state index in [4.69, 9.17) is 10.00 Å². The number of ether oxygens (including phenoxy) is 1. The first kappa shape index (κ1) is 19.4. The predicted molar refractivity (Wildman–Crippen MR) is 115 cm³/mol. The van der Waals surface area contributed by atoms with E-state index in [1.54, 1.807) is 18.3 Å². The topological polar surface area (TPSA) is 45.4 Å². The zero-order valence-corrected chi connectivity index (χ0v) is 16.5. The second-order valence-corrected chi connectivity index (χ2v) is 7.35. The van der Waals surface area contributed by atoms with E-state index < -0.39 is 0 Å². The van der Waals surface area contributed by atoms with Crippen LogP contribution in [-0.4, -0.2) is 6.21 Å². The lowest BCUT2D eigenvalue weighted by Crippen LogP contribution is -2.14. The first-order valence-corrected chi connectivity index (χ1v) is 9.43. The van der Waals surface area contributed by atoms with Crippen LogP contribution in [0.15, 0.2) is 77.8 Å². The van der Waals surface area contributed by atoms with E-state index in [0.29, 0.717) is 5.56 Å². The van der Waals surface area contributed by atoms with E-state index in [0.717, 1.165) is 29.2 Å². The molecule has 0 bridgehead atoms. The zero-order valence-electron chi connectivity index (χ0n) is 16.5. The Hall–Kier alpha value is -3.38. The van der Waals surface area contributed by atoms with E-state index >= 15 is 0 Å². The van der Waals surface area contributed by atoms with Gasteiger partial charge in [-0.1, -0.05) is 45.0 Å². The number of hydrogen-bond donors (Lipinski definition) is 0. The molecule has 140 valence electrons. The number of rotatable bonds is 6. The fraction of sp³-hybridized carbons (Fsp3) is 0.200. The van der Waals surface area contributed by atoms with Gasteiger partial charge in [-0.3, -0.25) is 4.99 Å². The molecule has 0 unspecified atom stereocenters. The monoisotopic (exact) mass is 368 g/mol. The van der Waals surface area contributed by atoms with Gasteiger partial charge in [0.05, 0.1) is 17.3 Å². The molecule has 0 spiro atoms. The van der Waals surface area contributed by atoms with Crippen molar-refractivity contribution in [2.45, 2.75) is 32.6 Å². The molecular weight excluding hydrogens is 344 g/mol. The van der Waals surface area contributed by atoms with Gasteiger partial charge in [-0.15, -0.1) is 0 Å². The summed E-state index contributed by atoms with van der Waals surface area (Å²) < 4.78 is 5.94. The maximum atomic E-state index is 8.83. The third-order valence-electron chi connectivity index (χ3n) is 4.99. The smallest absolute Gasteiger partial charge is 0.127 e. The average molecular weight is 368 g/mol. The van der Waals surface area contributed by atoms with Gasteiger partial charge in [0.1, 0.15) is 11.5 Å². The van der Waals surface area contributed by atoms with Gasteiger partial charge in [-0.2, -0.15) is 5.26 Å². The highest BCUT2D eigenvalue weighted by Crippen LogP contribution is 2.30.